The molecule has 4 atom stereocenters. The molecule has 0 radical (unpaired) electrons. The number of urea groups is 1. The maximum absolute atomic E-state index is 13.2. The fraction of sp³-hybridized carbons (Fsp3) is 0.867. The summed E-state index contributed by atoms with van der Waals surface area (Å²) in [5.74, 6) is -2.05. The number of nitrogens with one attached hydrogen (secondary N) is 3. The Morgan fingerprint density at radius 1 is 1.07 bits per heavy atom. The minimum atomic E-state index is -3.52. The number of hydrogen-bond donors (Lipinski definition) is 4. The zero-order chi connectivity index (χ0) is 32.6. The number of carboxylic acids is 1. The molecule has 1 aliphatic heterocycles. The van der Waals surface area contributed by atoms with E-state index in [4.69, 9.17) is 0 Å². The summed E-state index contributed by atoms with van der Waals surface area (Å²) in [7, 11) is -2.05. The SMILES string of the molecule is CCCCCCCCC1C[C@]1(NC(=O)[C@@H]1CCCN1C(=O)CNC(=O)NC(CN(C)S(=O)(=O)C(C)C)C(C)(C)C)C(=O)O. The van der Waals surface area contributed by atoms with Crippen LogP contribution in [0.25, 0.3) is 0 Å². The van der Waals surface area contributed by atoms with E-state index in [0.717, 1.165) is 25.7 Å². The number of carbonyl (C=O) groups excluding carboxylic acids is 3. The topological polar surface area (TPSA) is 165 Å². The molecule has 4 N–H and O–H groups in total. The van der Waals surface area contributed by atoms with Gasteiger partial charge in [-0.3, -0.25) is 9.59 Å². The van der Waals surface area contributed by atoms with Gasteiger partial charge in [-0.2, -0.15) is 0 Å². The summed E-state index contributed by atoms with van der Waals surface area (Å²) < 4.78 is 26.3. The second-order valence-corrected chi connectivity index (χ2v) is 16.2. The van der Waals surface area contributed by atoms with Crippen LogP contribution in [0, 0.1) is 11.3 Å². The van der Waals surface area contributed by atoms with Crippen LogP contribution in [-0.4, -0.2) is 96.1 Å². The van der Waals surface area contributed by atoms with E-state index >= 15 is 0 Å². The van der Waals surface area contributed by atoms with Crippen molar-refractivity contribution < 1.29 is 32.7 Å². The average molecular weight is 630 g/mol. The largest absolute Gasteiger partial charge is 0.479 e. The molecule has 13 heteroatoms. The van der Waals surface area contributed by atoms with Crippen molar-refractivity contribution in [3.8, 4) is 0 Å². The summed E-state index contributed by atoms with van der Waals surface area (Å²) in [4.78, 5) is 52.6. The number of rotatable bonds is 17. The van der Waals surface area contributed by atoms with Crippen LogP contribution in [0.4, 0.5) is 4.79 Å². The lowest BCUT2D eigenvalue weighted by Crippen LogP contribution is -2.56. The van der Waals surface area contributed by atoms with Crippen LogP contribution in [0.2, 0.25) is 0 Å². The number of carboxylic acid groups (broad SMARTS) is 1. The minimum Gasteiger partial charge on any atom is -0.479 e. The third-order valence-electron chi connectivity index (χ3n) is 8.84. The third kappa shape index (κ3) is 10.1. The normalized spacial score (nSPS) is 22.9. The van der Waals surface area contributed by atoms with Crippen molar-refractivity contribution in [2.24, 2.45) is 11.3 Å². The number of unbranched alkanes of at least 4 members (excludes halogenated alkanes) is 5. The molecule has 1 heterocycles. The second kappa shape index (κ2) is 15.5. The number of aliphatic carboxylic acids is 1. The van der Waals surface area contributed by atoms with E-state index in [9.17, 15) is 32.7 Å². The molecule has 2 rings (SSSR count). The number of amides is 4. The molecule has 1 aliphatic carbocycles. The first-order valence-corrected chi connectivity index (χ1v) is 17.3. The highest BCUT2D eigenvalue weighted by Crippen LogP contribution is 2.47. The highest BCUT2D eigenvalue weighted by atomic mass is 32.2. The van der Waals surface area contributed by atoms with E-state index in [0.29, 0.717) is 25.8 Å². The number of likely N-dealkylation sites (tertiary alicyclic amines) is 1. The monoisotopic (exact) mass is 629 g/mol. The Balaban J connectivity index is 1.91. The molecule has 2 unspecified atom stereocenters. The van der Waals surface area contributed by atoms with Crippen LogP contribution >= 0.6 is 0 Å². The summed E-state index contributed by atoms with van der Waals surface area (Å²) in [6.45, 7) is 11.0. The average Bonchev–Trinajstić information content (AvgIpc) is 3.38. The number of nitrogens with zero attached hydrogens (tertiary/aromatic N) is 2. The van der Waals surface area contributed by atoms with Crippen LogP contribution in [0.15, 0.2) is 0 Å². The van der Waals surface area contributed by atoms with E-state index in [2.05, 4.69) is 22.9 Å². The van der Waals surface area contributed by atoms with Gasteiger partial charge in [0.25, 0.3) is 0 Å². The van der Waals surface area contributed by atoms with Gasteiger partial charge in [-0.05, 0) is 50.9 Å². The maximum Gasteiger partial charge on any atom is 0.329 e. The predicted octanol–water partition coefficient (Wildman–Crippen LogP) is 3.07. The van der Waals surface area contributed by atoms with Crippen LogP contribution in [-0.2, 0) is 24.4 Å². The van der Waals surface area contributed by atoms with Crippen LogP contribution < -0.4 is 16.0 Å². The van der Waals surface area contributed by atoms with Crippen molar-refractivity contribution in [2.45, 2.75) is 129 Å². The van der Waals surface area contributed by atoms with Gasteiger partial charge in [0, 0.05) is 26.2 Å². The van der Waals surface area contributed by atoms with E-state index in [1.807, 2.05) is 20.8 Å². The zero-order valence-corrected chi connectivity index (χ0v) is 28.0. The van der Waals surface area contributed by atoms with Gasteiger partial charge in [0.2, 0.25) is 21.8 Å². The molecule has 2 aliphatic rings. The molecule has 0 aromatic carbocycles. The summed E-state index contributed by atoms with van der Waals surface area (Å²) in [6, 6.07) is -1.95. The number of carbonyl (C=O) groups is 4. The standard InChI is InChI=1S/C30H55N5O7S/c1-8-9-10-11-12-13-15-22-18-30(22,27(38)39)33-26(37)23-16-14-17-35(23)25(36)19-31-28(40)32-24(29(4,5)6)20-34(7)43(41,42)21(2)3/h21-24H,8-20H2,1-7H3,(H,33,37)(H,38,39)(H2,31,32,40)/t22?,23-,24?,30+/m0/s1. The molecule has 0 spiro atoms. The van der Waals surface area contributed by atoms with Crippen molar-refractivity contribution in [2.75, 3.05) is 26.7 Å². The van der Waals surface area contributed by atoms with Crippen LogP contribution in [0.3, 0.4) is 0 Å². The summed E-state index contributed by atoms with van der Waals surface area (Å²) in [5.41, 5.74) is -1.75. The first kappa shape index (κ1) is 36.8. The van der Waals surface area contributed by atoms with Crippen LogP contribution in [0.5, 0.6) is 0 Å². The van der Waals surface area contributed by atoms with Gasteiger partial charge in [0.05, 0.1) is 11.8 Å². The molecule has 2 fully saturated rings. The molecule has 1 saturated carbocycles. The lowest BCUT2D eigenvalue weighted by molar-refractivity contribution is -0.145. The van der Waals surface area contributed by atoms with E-state index in [1.54, 1.807) is 13.8 Å². The Morgan fingerprint density at radius 2 is 1.70 bits per heavy atom. The Kier molecular flexibility index (Phi) is 13.3. The van der Waals surface area contributed by atoms with Gasteiger partial charge in [0.15, 0.2) is 0 Å². The summed E-state index contributed by atoms with van der Waals surface area (Å²) >= 11 is 0. The lowest BCUT2D eigenvalue weighted by atomic mass is 9.87. The number of likely N-dealkylation sites (N-methyl/N-ethyl adjacent to an activating group) is 1. The number of sulfonamides is 1. The Labute approximate surface area is 258 Å². The van der Waals surface area contributed by atoms with Gasteiger partial charge < -0.3 is 26.0 Å². The molecule has 0 aromatic heterocycles. The molecular formula is C30H55N5O7S. The molecule has 4 amide bonds. The van der Waals surface area contributed by atoms with Crippen molar-refractivity contribution in [3.05, 3.63) is 0 Å². The van der Waals surface area contributed by atoms with E-state index in [-0.39, 0.29) is 19.0 Å². The molecule has 12 nitrogen and oxygen atoms in total. The fourth-order valence-corrected chi connectivity index (χ4v) is 6.76. The highest BCUT2D eigenvalue weighted by Gasteiger charge is 2.61. The molecule has 248 valence electrons. The molecule has 0 aromatic rings. The smallest absolute Gasteiger partial charge is 0.329 e. The lowest BCUT2D eigenvalue weighted by Gasteiger charge is -2.34. The zero-order valence-electron chi connectivity index (χ0n) is 27.2. The second-order valence-electron chi connectivity index (χ2n) is 13.6. The Hall–Kier alpha value is -2.41. The molecule has 0 bridgehead atoms. The van der Waals surface area contributed by atoms with Crippen molar-refractivity contribution in [3.63, 3.8) is 0 Å². The first-order chi connectivity index (χ1) is 20.0. The van der Waals surface area contributed by atoms with Gasteiger partial charge >= 0.3 is 12.0 Å². The highest BCUT2D eigenvalue weighted by molar-refractivity contribution is 7.89. The summed E-state index contributed by atoms with van der Waals surface area (Å²) in [5, 5.41) is 17.4. The fourth-order valence-electron chi connectivity index (χ4n) is 5.68. The van der Waals surface area contributed by atoms with Crippen molar-refractivity contribution in [1.29, 1.82) is 0 Å². The first-order valence-electron chi connectivity index (χ1n) is 15.8. The van der Waals surface area contributed by atoms with Gasteiger partial charge in [0.1, 0.15) is 11.6 Å². The minimum absolute atomic E-state index is 0.0604. The Morgan fingerprint density at radius 3 is 2.28 bits per heavy atom. The van der Waals surface area contributed by atoms with Crippen LogP contribution in [0.1, 0.15) is 106 Å². The van der Waals surface area contributed by atoms with Gasteiger partial charge in [-0.1, -0.05) is 66.2 Å². The van der Waals surface area contributed by atoms with Gasteiger partial charge in [-0.15, -0.1) is 0 Å². The quantitative estimate of drug-likeness (QED) is 0.180. The van der Waals surface area contributed by atoms with Crippen molar-refractivity contribution in [1.82, 2.24) is 25.2 Å². The molecule has 1 saturated heterocycles. The van der Waals surface area contributed by atoms with Gasteiger partial charge in [-0.25, -0.2) is 22.3 Å². The summed E-state index contributed by atoms with van der Waals surface area (Å²) in [6.07, 6.45) is 8.83. The Bertz CT molecular complexity index is 1090. The van der Waals surface area contributed by atoms with E-state index in [1.165, 1.54) is 35.5 Å². The maximum atomic E-state index is 13.2. The van der Waals surface area contributed by atoms with Crippen molar-refractivity contribution >= 4 is 33.8 Å². The number of hydrogen-bond acceptors (Lipinski definition) is 6. The van der Waals surface area contributed by atoms with E-state index < -0.39 is 62.1 Å². The third-order valence-corrected chi connectivity index (χ3v) is 11.0. The molecular weight excluding hydrogens is 574 g/mol. The predicted molar refractivity (Wildman–Crippen MR) is 166 cm³/mol. The molecule has 43 heavy (non-hydrogen) atoms.